The Hall–Kier alpha value is -4.00. The van der Waals surface area contributed by atoms with E-state index in [1.165, 1.54) is 0 Å². The van der Waals surface area contributed by atoms with Gasteiger partial charge in [0, 0.05) is 12.8 Å². The predicted molar refractivity (Wildman–Crippen MR) is 132 cm³/mol. The van der Waals surface area contributed by atoms with E-state index < -0.39 is 66.2 Å². The lowest BCUT2D eigenvalue weighted by atomic mass is 10.0. The lowest BCUT2D eigenvalue weighted by Crippen LogP contribution is -2.58. The second kappa shape index (κ2) is 15.2. The molecule has 1 aromatic carbocycles. The highest BCUT2D eigenvalue weighted by molar-refractivity contribution is 5.95. The van der Waals surface area contributed by atoms with E-state index in [0.717, 1.165) is 0 Å². The number of nitrogens with two attached hydrogens (primary N) is 2. The lowest BCUT2D eigenvalue weighted by Gasteiger charge is -2.25. The van der Waals surface area contributed by atoms with Crippen LogP contribution in [0.4, 0.5) is 0 Å². The first-order valence-electron chi connectivity index (χ1n) is 11.7. The van der Waals surface area contributed by atoms with E-state index >= 15 is 0 Å². The molecule has 0 aliphatic carbocycles. The third kappa shape index (κ3) is 12.0. The molecule has 9 N–H and O–H groups in total. The van der Waals surface area contributed by atoms with Gasteiger partial charge >= 0.3 is 11.9 Å². The third-order valence-corrected chi connectivity index (χ3v) is 5.28. The summed E-state index contributed by atoms with van der Waals surface area (Å²) >= 11 is 0. The van der Waals surface area contributed by atoms with E-state index in [2.05, 4.69) is 16.0 Å². The molecule has 0 aliphatic heterocycles. The fourth-order valence-electron chi connectivity index (χ4n) is 3.41. The maximum atomic E-state index is 13.2. The highest BCUT2D eigenvalue weighted by Crippen LogP contribution is 2.09. The molecule has 0 saturated carbocycles. The number of carboxylic acid groups (broad SMARTS) is 2. The summed E-state index contributed by atoms with van der Waals surface area (Å²) in [6, 6.07) is 3.33. The Kier molecular flexibility index (Phi) is 12.7. The van der Waals surface area contributed by atoms with E-state index in [1.807, 2.05) is 0 Å². The first-order valence-corrected chi connectivity index (χ1v) is 11.7. The van der Waals surface area contributed by atoms with Crippen LogP contribution in [0.15, 0.2) is 30.3 Å². The van der Waals surface area contributed by atoms with Crippen molar-refractivity contribution in [3.63, 3.8) is 0 Å². The largest absolute Gasteiger partial charge is 0.481 e. The molecule has 1 aromatic rings. The fourth-order valence-corrected chi connectivity index (χ4v) is 3.41. The van der Waals surface area contributed by atoms with Gasteiger partial charge in [-0.3, -0.25) is 24.0 Å². The van der Waals surface area contributed by atoms with Gasteiger partial charge in [0.1, 0.15) is 18.1 Å². The number of hydrogen-bond donors (Lipinski definition) is 7. The van der Waals surface area contributed by atoms with Gasteiger partial charge in [0.15, 0.2) is 0 Å². The normalized spacial score (nSPS) is 14.1. The van der Waals surface area contributed by atoms with Crippen molar-refractivity contribution in [3.05, 3.63) is 35.9 Å². The number of carbonyl (C=O) groups is 6. The van der Waals surface area contributed by atoms with Gasteiger partial charge in [-0.1, -0.05) is 44.2 Å². The molecule has 0 saturated heterocycles. The van der Waals surface area contributed by atoms with Crippen molar-refractivity contribution in [1.82, 2.24) is 16.0 Å². The minimum atomic E-state index is -1.43. The molecule has 0 spiro atoms. The quantitative estimate of drug-likeness (QED) is 0.139. The summed E-state index contributed by atoms with van der Waals surface area (Å²) in [5.74, 6) is -5.90. The zero-order valence-corrected chi connectivity index (χ0v) is 20.8. The monoisotopic (exact) mass is 521 g/mol. The van der Waals surface area contributed by atoms with Crippen LogP contribution in [-0.4, -0.2) is 69.9 Å². The standard InChI is InChI=1S/C24H35N5O8/c1-13(2)10-18(24(36)37)29-22(34)16(8-9-19(26)30)27-23(35)17(11-14-6-4-3-5-7-14)28-21(33)15(25)12-20(31)32/h3-7,13,15-18H,8-12,25H2,1-2H3,(H2,26,30)(H,27,35)(H,28,33)(H,29,34)(H,31,32)(H,36,37). The van der Waals surface area contributed by atoms with Gasteiger partial charge in [-0.25, -0.2) is 4.79 Å². The SMILES string of the molecule is CC(C)CC(NC(=O)C(CCC(N)=O)NC(=O)C(Cc1ccccc1)NC(=O)C(N)CC(=O)O)C(=O)O. The molecule has 0 aliphatic rings. The zero-order valence-electron chi connectivity index (χ0n) is 20.8. The highest BCUT2D eigenvalue weighted by atomic mass is 16.4. The molecule has 13 nitrogen and oxygen atoms in total. The van der Waals surface area contributed by atoms with Crippen molar-refractivity contribution in [2.75, 3.05) is 0 Å². The van der Waals surface area contributed by atoms with Crippen molar-refractivity contribution in [1.29, 1.82) is 0 Å². The minimum Gasteiger partial charge on any atom is -0.481 e. The Morgan fingerprint density at radius 1 is 0.838 bits per heavy atom. The minimum absolute atomic E-state index is 0.0204. The van der Waals surface area contributed by atoms with E-state index in [0.29, 0.717) is 5.56 Å². The summed E-state index contributed by atoms with van der Waals surface area (Å²) in [5.41, 5.74) is 11.5. The number of nitrogens with one attached hydrogen (secondary N) is 3. The maximum Gasteiger partial charge on any atom is 0.326 e. The molecule has 0 fully saturated rings. The molecule has 4 amide bonds. The number of benzene rings is 1. The van der Waals surface area contributed by atoms with Gasteiger partial charge in [0.2, 0.25) is 23.6 Å². The van der Waals surface area contributed by atoms with Crippen LogP contribution in [0.5, 0.6) is 0 Å². The van der Waals surface area contributed by atoms with Crippen LogP contribution in [0.1, 0.15) is 45.1 Å². The van der Waals surface area contributed by atoms with Crippen LogP contribution in [0.25, 0.3) is 0 Å². The Balaban J connectivity index is 3.14. The van der Waals surface area contributed by atoms with E-state index in [4.69, 9.17) is 16.6 Å². The lowest BCUT2D eigenvalue weighted by molar-refractivity contribution is -0.143. The second-order valence-electron chi connectivity index (χ2n) is 9.05. The molecule has 0 aromatic heterocycles. The Bertz CT molecular complexity index is 969. The summed E-state index contributed by atoms with van der Waals surface area (Å²) in [5, 5.41) is 25.6. The predicted octanol–water partition coefficient (Wildman–Crippen LogP) is -1.12. The Morgan fingerprint density at radius 3 is 1.89 bits per heavy atom. The van der Waals surface area contributed by atoms with Crippen LogP contribution < -0.4 is 27.4 Å². The van der Waals surface area contributed by atoms with Crippen molar-refractivity contribution in [2.45, 2.75) is 70.1 Å². The molecule has 37 heavy (non-hydrogen) atoms. The van der Waals surface area contributed by atoms with Gasteiger partial charge in [-0.05, 0) is 24.3 Å². The Morgan fingerprint density at radius 2 is 1.38 bits per heavy atom. The molecule has 0 heterocycles. The van der Waals surface area contributed by atoms with E-state index in [9.17, 15) is 33.9 Å². The smallest absolute Gasteiger partial charge is 0.326 e. The second-order valence-corrected chi connectivity index (χ2v) is 9.05. The maximum absolute atomic E-state index is 13.2. The molecular weight excluding hydrogens is 486 g/mol. The number of primary amides is 1. The number of hydrogen-bond acceptors (Lipinski definition) is 7. The summed E-state index contributed by atoms with van der Waals surface area (Å²) in [6.07, 6.45) is -1.05. The summed E-state index contributed by atoms with van der Waals surface area (Å²) in [4.78, 5) is 72.4. The molecule has 0 bridgehead atoms. The molecule has 204 valence electrons. The summed E-state index contributed by atoms with van der Waals surface area (Å²) < 4.78 is 0. The first-order chi connectivity index (χ1) is 17.3. The summed E-state index contributed by atoms with van der Waals surface area (Å²) in [7, 11) is 0. The highest BCUT2D eigenvalue weighted by Gasteiger charge is 2.31. The first kappa shape index (κ1) is 31.0. The topological polar surface area (TPSA) is 231 Å². The number of rotatable bonds is 16. The summed E-state index contributed by atoms with van der Waals surface area (Å²) in [6.45, 7) is 3.56. The molecule has 0 radical (unpaired) electrons. The van der Waals surface area contributed by atoms with Crippen LogP contribution >= 0.6 is 0 Å². The molecule has 13 heteroatoms. The fraction of sp³-hybridized carbons (Fsp3) is 0.500. The molecule has 4 atom stereocenters. The van der Waals surface area contributed by atoms with Crippen LogP contribution in [-0.2, 0) is 35.2 Å². The van der Waals surface area contributed by atoms with Crippen molar-refractivity contribution in [3.8, 4) is 0 Å². The third-order valence-electron chi connectivity index (χ3n) is 5.28. The van der Waals surface area contributed by atoms with Gasteiger partial charge in [-0.15, -0.1) is 0 Å². The average Bonchev–Trinajstić information content (AvgIpc) is 2.80. The van der Waals surface area contributed by atoms with E-state index in [-0.39, 0.29) is 31.6 Å². The number of carbonyl (C=O) groups excluding carboxylic acids is 4. The number of carboxylic acids is 2. The molecule has 1 rings (SSSR count). The number of aliphatic carboxylic acids is 2. The van der Waals surface area contributed by atoms with Gasteiger partial charge in [-0.2, -0.15) is 0 Å². The van der Waals surface area contributed by atoms with Crippen molar-refractivity contribution in [2.24, 2.45) is 17.4 Å². The molecular formula is C24H35N5O8. The van der Waals surface area contributed by atoms with Crippen molar-refractivity contribution >= 4 is 35.6 Å². The van der Waals surface area contributed by atoms with Gasteiger partial charge in [0.25, 0.3) is 0 Å². The van der Waals surface area contributed by atoms with Crippen LogP contribution in [0.2, 0.25) is 0 Å². The molecule has 4 unspecified atom stereocenters. The zero-order chi connectivity index (χ0) is 28.1. The van der Waals surface area contributed by atoms with Crippen molar-refractivity contribution < 1.29 is 39.0 Å². The number of amides is 4. The Labute approximate surface area is 214 Å². The van der Waals surface area contributed by atoms with Gasteiger partial charge < -0.3 is 37.6 Å². The van der Waals surface area contributed by atoms with Crippen LogP contribution in [0, 0.1) is 5.92 Å². The van der Waals surface area contributed by atoms with Gasteiger partial charge in [0.05, 0.1) is 12.5 Å². The van der Waals surface area contributed by atoms with Crippen LogP contribution in [0.3, 0.4) is 0 Å². The van der Waals surface area contributed by atoms with E-state index in [1.54, 1.807) is 44.2 Å². The average molecular weight is 522 g/mol.